The molecule has 2 rings (SSSR count). The van der Waals surface area contributed by atoms with Crippen LogP contribution in [0.5, 0.6) is 5.75 Å². The fourth-order valence-corrected chi connectivity index (χ4v) is 2.55. The minimum absolute atomic E-state index is 0.267. The quantitative estimate of drug-likeness (QED) is 0.742. The van der Waals surface area contributed by atoms with Gasteiger partial charge in [-0.2, -0.15) is 0 Å². The van der Waals surface area contributed by atoms with Crippen molar-refractivity contribution in [2.45, 2.75) is 25.8 Å². The first kappa shape index (κ1) is 19.6. The summed E-state index contributed by atoms with van der Waals surface area (Å²) in [7, 11) is 1.95. The number of carboxylic acid groups (broad SMARTS) is 1. The van der Waals surface area contributed by atoms with Gasteiger partial charge in [0.05, 0.1) is 13.2 Å². The summed E-state index contributed by atoms with van der Waals surface area (Å²) in [6, 6.07) is 18.7. The van der Waals surface area contributed by atoms with E-state index in [0.717, 1.165) is 18.6 Å². The number of likely N-dealkylation sites (N-methyl/N-ethyl adjacent to an activating group) is 1. The smallest absolute Gasteiger partial charge is 0.381 e. The van der Waals surface area contributed by atoms with Crippen molar-refractivity contribution in [3.63, 3.8) is 0 Å². The summed E-state index contributed by atoms with van der Waals surface area (Å²) in [5.74, 6) is 4.58. The molecule has 0 aromatic heterocycles. The van der Waals surface area contributed by atoms with Crippen molar-refractivity contribution >= 4 is 5.97 Å². The number of hydrogen-bond donors (Lipinski definition) is 1. The monoisotopic (exact) mass is 351 g/mol. The molecular weight excluding hydrogens is 326 g/mol. The van der Waals surface area contributed by atoms with Gasteiger partial charge < -0.3 is 9.84 Å². The molecule has 0 bridgehead atoms. The molecule has 0 saturated heterocycles. The number of ether oxygens (including phenoxy) is 1. The van der Waals surface area contributed by atoms with Crippen molar-refractivity contribution < 1.29 is 14.6 Å². The Morgan fingerprint density at radius 3 is 2.46 bits per heavy atom. The van der Waals surface area contributed by atoms with Gasteiger partial charge in [-0.15, -0.1) is 0 Å². The first-order chi connectivity index (χ1) is 12.5. The van der Waals surface area contributed by atoms with Crippen LogP contribution >= 0.6 is 0 Å². The maximum Gasteiger partial charge on any atom is 0.381 e. The van der Waals surface area contributed by atoms with Gasteiger partial charge in [-0.3, -0.25) is 4.90 Å². The lowest BCUT2D eigenvalue weighted by Gasteiger charge is -2.22. The van der Waals surface area contributed by atoms with Crippen LogP contribution in [0.15, 0.2) is 54.6 Å². The molecule has 0 aliphatic carbocycles. The van der Waals surface area contributed by atoms with Crippen molar-refractivity contribution in [2.75, 3.05) is 20.2 Å². The minimum atomic E-state index is -1.09. The molecule has 0 radical (unpaired) electrons. The van der Waals surface area contributed by atoms with Gasteiger partial charge in [-0.25, -0.2) is 4.79 Å². The molecule has 1 N–H and O–H groups in total. The van der Waals surface area contributed by atoms with E-state index >= 15 is 0 Å². The standard InChI is InChI=1S/C22H25NO3/c1-18(23(2)15-6-9-22(24)25)17-20-10-12-21(13-11-20)26-16-14-19-7-4-3-5-8-19/h3-5,7-8,10-13,18H,14-17H2,1-2H3,(H,24,25)/t18-/m1/s1. The topological polar surface area (TPSA) is 49.8 Å². The fourth-order valence-electron chi connectivity index (χ4n) is 2.55. The Kier molecular flexibility index (Phi) is 7.73. The third-order valence-electron chi connectivity index (χ3n) is 4.23. The van der Waals surface area contributed by atoms with E-state index in [2.05, 4.69) is 43.0 Å². The van der Waals surface area contributed by atoms with Crippen LogP contribution in [0.3, 0.4) is 0 Å². The normalized spacial score (nSPS) is 11.5. The number of carboxylic acids is 1. The van der Waals surface area contributed by atoms with E-state index in [4.69, 9.17) is 9.84 Å². The Morgan fingerprint density at radius 1 is 1.12 bits per heavy atom. The third kappa shape index (κ3) is 7.00. The van der Waals surface area contributed by atoms with Gasteiger partial charge in [0.15, 0.2) is 0 Å². The largest absolute Gasteiger partial charge is 0.493 e. The Morgan fingerprint density at radius 2 is 1.81 bits per heavy atom. The molecule has 0 unspecified atom stereocenters. The predicted molar refractivity (Wildman–Crippen MR) is 103 cm³/mol. The lowest BCUT2D eigenvalue weighted by atomic mass is 10.1. The van der Waals surface area contributed by atoms with Crippen LogP contribution in [0.4, 0.5) is 0 Å². The molecule has 0 spiro atoms. The van der Waals surface area contributed by atoms with Gasteiger partial charge in [0, 0.05) is 18.4 Å². The van der Waals surface area contributed by atoms with E-state index in [1.807, 2.05) is 42.3 Å². The molecule has 4 heteroatoms. The molecule has 26 heavy (non-hydrogen) atoms. The van der Waals surface area contributed by atoms with Crippen molar-refractivity contribution in [3.05, 3.63) is 65.7 Å². The van der Waals surface area contributed by atoms with Crippen LogP contribution < -0.4 is 4.74 Å². The maximum absolute atomic E-state index is 10.4. The molecule has 136 valence electrons. The van der Waals surface area contributed by atoms with E-state index in [9.17, 15) is 4.79 Å². The van der Waals surface area contributed by atoms with Crippen molar-refractivity contribution in [3.8, 4) is 17.6 Å². The molecule has 0 aliphatic heterocycles. The zero-order valence-corrected chi connectivity index (χ0v) is 15.3. The van der Waals surface area contributed by atoms with Gasteiger partial charge in [-0.05, 0) is 43.7 Å². The van der Waals surface area contributed by atoms with Crippen molar-refractivity contribution in [1.82, 2.24) is 4.90 Å². The number of benzene rings is 2. The Balaban J connectivity index is 1.77. The molecule has 0 fully saturated rings. The molecule has 4 nitrogen and oxygen atoms in total. The van der Waals surface area contributed by atoms with Crippen molar-refractivity contribution in [2.24, 2.45) is 0 Å². The Labute approximate surface area is 155 Å². The SMILES string of the molecule is C[C@H](Cc1ccc(OCCc2ccccc2)cc1)N(C)CC#CC(=O)O. The zero-order chi connectivity index (χ0) is 18.8. The predicted octanol–water partition coefficient (Wildman–Crippen LogP) is 3.26. The average molecular weight is 351 g/mol. The van der Waals surface area contributed by atoms with Gasteiger partial charge in [0.1, 0.15) is 5.75 Å². The summed E-state index contributed by atoms with van der Waals surface area (Å²) >= 11 is 0. The van der Waals surface area contributed by atoms with E-state index in [1.54, 1.807) is 0 Å². The molecule has 1 atom stereocenters. The van der Waals surface area contributed by atoms with Crippen LogP contribution in [0.25, 0.3) is 0 Å². The number of hydrogen-bond acceptors (Lipinski definition) is 3. The molecule has 0 saturated carbocycles. The van der Waals surface area contributed by atoms with Crippen LogP contribution in [0.2, 0.25) is 0 Å². The Bertz CT molecular complexity index is 744. The highest BCUT2D eigenvalue weighted by atomic mass is 16.5. The molecule has 0 amide bonds. The Hall–Kier alpha value is -2.77. The summed E-state index contributed by atoms with van der Waals surface area (Å²) in [4.78, 5) is 12.5. The number of carbonyl (C=O) groups is 1. The van der Waals surface area contributed by atoms with E-state index in [0.29, 0.717) is 13.2 Å². The van der Waals surface area contributed by atoms with Crippen LogP contribution in [-0.2, 0) is 17.6 Å². The summed E-state index contributed by atoms with van der Waals surface area (Å²) < 4.78 is 5.81. The molecule has 2 aromatic carbocycles. The van der Waals surface area contributed by atoms with E-state index in [1.165, 1.54) is 11.1 Å². The molecule has 2 aromatic rings. The fraction of sp³-hybridized carbons (Fsp3) is 0.318. The van der Waals surface area contributed by atoms with Gasteiger partial charge in [0.25, 0.3) is 0 Å². The summed E-state index contributed by atoms with van der Waals surface area (Å²) in [5, 5.41) is 8.55. The highest BCUT2D eigenvalue weighted by Gasteiger charge is 2.09. The average Bonchev–Trinajstić information content (AvgIpc) is 2.63. The third-order valence-corrected chi connectivity index (χ3v) is 4.23. The molecule has 0 heterocycles. The minimum Gasteiger partial charge on any atom is -0.493 e. The highest BCUT2D eigenvalue weighted by molar-refractivity contribution is 5.86. The lowest BCUT2D eigenvalue weighted by Crippen LogP contribution is -2.31. The van der Waals surface area contributed by atoms with Gasteiger partial charge >= 0.3 is 5.97 Å². The second-order valence-corrected chi connectivity index (χ2v) is 6.30. The van der Waals surface area contributed by atoms with Crippen LogP contribution in [-0.4, -0.2) is 42.2 Å². The summed E-state index contributed by atoms with van der Waals surface area (Å²) in [5.41, 5.74) is 2.48. The second-order valence-electron chi connectivity index (χ2n) is 6.30. The van der Waals surface area contributed by atoms with Crippen LogP contribution in [0, 0.1) is 11.8 Å². The highest BCUT2D eigenvalue weighted by Crippen LogP contribution is 2.15. The molecule has 0 aliphatic rings. The number of rotatable bonds is 8. The molecular formula is C22H25NO3. The van der Waals surface area contributed by atoms with Gasteiger partial charge in [-0.1, -0.05) is 48.4 Å². The van der Waals surface area contributed by atoms with Crippen molar-refractivity contribution in [1.29, 1.82) is 0 Å². The zero-order valence-electron chi connectivity index (χ0n) is 15.3. The number of aliphatic carboxylic acids is 1. The van der Waals surface area contributed by atoms with Crippen LogP contribution in [0.1, 0.15) is 18.1 Å². The second kappa shape index (κ2) is 10.3. The first-order valence-corrected chi connectivity index (χ1v) is 8.72. The first-order valence-electron chi connectivity index (χ1n) is 8.72. The lowest BCUT2D eigenvalue weighted by molar-refractivity contribution is -0.130. The summed E-state index contributed by atoms with van der Waals surface area (Å²) in [6.07, 6.45) is 1.76. The maximum atomic E-state index is 10.4. The van der Waals surface area contributed by atoms with Gasteiger partial charge in [0.2, 0.25) is 0 Å². The number of nitrogens with zero attached hydrogens (tertiary/aromatic N) is 1. The summed E-state index contributed by atoms with van der Waals surface area (Å²) in [6.45, 7) is 3.20. The van der Waals surface area contributed by atoms with E-state index < -0.39 is 5.97 Å². The van der Waals surface area contributed by atoms with E-state index in [-0.39, 0.29) is 6.04 Å².